The zero-order valence-electron chi connectivity index (χ0n) is 19.2. The summed E-state index contributed by atoms with van der Waals surface area (Å²) in [4.78, 5) is 0. The Bertz CT molecular complexity index is 1010. The van der Waals surface area contributed by atoms with Crippen LogP contribution in [0, 0.1) is 0 Å². The highest BCUT2D eigenvalue weighted by atomic mass is 31.1. The fraction of sp³-hybridized carbons (Fsp3) is 0.200. The summed E-state index contributed by atoms with van der Waals surface area (Å²) in [6.45, 7) is 0. The van der Waals surface area contributed by atoms with Gasteiger partial charge in [-0.15, -0.1) is 0 Å². The molecule has 0 aromatic heterocycles. The molecule has 1 saturated carbocycles. The molecule has 0 aliphatic heterocycles. The first-order chi connectivity index (χ1) is 16.6. The molecule has 4 aromatic carbocycles. The SMILES string of the molecule is OC1(CP(c2ccccc2)c2ccccc2)CCC1(O)CP(c1ccccc1)c1ccccc1. The van der Waals surface area contributed by atoms with E-state index in [1.165, 1.54) is 21.2 Å². The molecule has 2 atom stereocenters. The molecule has 4 aromatic rings. The van der Waals surface area contributed by atoms with Crippen LogP contribution in [0.5, 0.6) is 0 Å². The average Bonchev–Trinajstić information content (AvgIpc) is 2.91. The van der Waals surface area contributed by atoms with Crippen LogP contribution < -0.4 is 21.2 Å². The second-order valence-corrected chi connectivity index (χ2v) is 13.5. The zero-order chi connectivity index (χ0) is 23.4. The van der Waals surface area contributed by atoms with Crippen LogP contribution in [0.4, 0.5) is 0 Å². The minimum absolute atomic E-state index is 0.569. The molecule has 1 aliphatic carbocycles. The first-order valence-electron chi connectivity index (χ1n) is 11.8. The lowest BCUT2D eigenvalue weighted by Gasteiger charge is -2.55. The van der Waals surface area contributed by atoms with Crippen molar-refractivity contribution in [3.8, 4) is 0 Å². The van der Waals surface area contributed by atoms with E-state index >= 15 is 0 Å². The lowest BCUT2D eigenvalue weighted by molar-refractivity contribution is -0.195. The molecule has 5 rings (SSSR count). The second-order valence-electron chi connectivity index (χ2n) is 9.08. The fourth-order valence-electron chi connectivity index (χ4n) is 4.77. The van der Waals surface area contributed by atoms with Crippen LogP contribution in [0.1, 0.15) is 12.8 Å². The summed E-state index contributed by atoms with van der Waals surface area (Å²) >= 11 is 0. The van der Waals surface area contributed by atoms with E-state index in [9.17, 15) is 10.2 Å². The van der Waals surface area contributed by atoms with Crippen LogP contribution in [-0.4, -0.2) is 33.7 Å². The minimum atomic E-state index is -1.10. The van der Waals surface area contributed by atoms with Gasteiger partial charge < -0.3 is 10.2 Å². The molecule has 1 fully saturated rings. The van der Waals surface area contributed by atoms with Crippen LogP contribution in [0.15, 0.2) is 121 Å². The van der Waals surface area contributed by atoms with Gasteiger partial charge in [-0.3, -0.25) is 0 Å². The van der Waals surface area contributed by atoms with E-state index in [1.807, 2.05) is 24.3 Å². The molecule has 0 saturated heterocycles. The molecule has 0 radical (unpaired) electrons. The summed E-state index contributed by atoms with van der Waals surface area (Å²) in [6.07, 6.45) is 2.41. The van der Waals surface area contributed by atoms with Gasteiger partial charge in [0.25, 0.3) is 0 Å². The van der Waals surface area contributed by atoms with Crippen molar-refractivity contribution >= 4 is 37.1 Å². The quantitative estimate of drug-likeness (QED) is 0.362. The van der Waals surface area contributed by atoms with Crippen LogP contribution in [0.3, 0.4) is 0 Å². The smallest absolute Gasteiger partial charge is 0.0983 e. The van der Waals surface area contributed by atoms with Crippen molar-refractivity contribution in [1.29, 1.82) is 0 Å². The highest BCUT2D eigenvalue weighted by molar-refractivity contribution is 7.73. The van der Waals surface area contributed by atoms with Gasteiger partial charge in [-0.1, -0.05) is 121 Å². The predicted molar refractivity (Wildman–Crippen MR) is 147 cm³/mol. The third-order valence-corrected chi connectivity index (χ3v) is 12.3. The first kappa shape index (κ1) is 23.4. The van der Waals surface area contributed by atoms with Crippen LogP contribution in [0.25, 0.3) is 0 Å². The molecular weight excluding hydrogens is 454 g/mol. The Balaban J connectivity index is 1.46. The number of rotatable bonds is 8. The van der Waals surface area contributed by atoms with Crippen molar-refractivity contribution in [2.45, 2.75) is 24.0 Å². The predicted octanol–water partition coefficient (Wildman–Crippen LogP) is 4.51. The normalized spacial score (nSPS) is 22.0. The summed E-state index contributed by atoms with van der Waals surface area (Å²) in [6, 6.07) is 41.9. The van der Waals surface area contributed by atoms with Crippen molar-refractivity contribution in [2.24, 2.45) is 0 Å². The highest BCUT2D eigenvalue weighted by Crippen LogP contribution is 2.54. The maximum absolute atomic E-state index is 11.9. The lowest BCUT2D eigenvalue weighted by Crippen LogP contribution is -2.67. The van der Waals surface area contributed by atoms with Gasteiger partial charge in [-0.25, -0.2) is 0 Å². The highest BCUT2D eigenvalue weighted by Gasteiger charge is 2.58. The Kier molecular flexibility index (Phi) is 6.96. The topological polar surface area (TPSA) is 40.5 Å². The molecule has 1 aliphatic rings. The fourth-order valence-corrected chi connectivity index (χ4v) is 10.2. The summed E-state index contributed by atoms with van der Waals surface area (Å²) in [5.41, 5.74) is -2.21. The molecule has 0 bridgehead atoms. The van der Waals surface area contributed by atoms with Gasteiger partial charge >= 0.3 is 0 Å². The molecule has 2 N–H and O–H groups in total. The molecule has 34 heavy (non-hydrogen) atoms. The van der Waals surface area contributed by atoms with E-state index in [0.29, 0.717) is 25.2 Å². The maximum Gasteiger partial charge on any atom is 0.0983 e. The Morgan fingerprint density at radius 2 is 0.676 bits per heavy atom. The van der Waals surface area contributed by atoms with E-state index in [0.717, 1.165) is 0 Å². The Morgan fingerprint density at radius 1 is 0.441 bits per heavy atom. The van der Waals surface area contributed by atoms with Gasteiger partial charge in [0.15, 0.2) is 0 Å². The average molecular weight is 485 g/mol. The van der Waals surface area contributed by atoms with Gasteiger partial charge in [0.05, 0.1) is 11.2 Å². The molecule has 0 amide bonds. The van der Waals surface area contributed by atoms with Gasteiger partial charge in [0, 0.05) is 12.3 Å². The first-order valence-corrected chi connectivity index (χ1v) is 14.8. The molecule has 0 heterocycles. The van der Waals surface area contributed by atoms with E-state index < -0.39 is 27.0 Å². The van der Waals surface area contributed by atoms with Gasteiger partial charge in [0.2, 0.25) is 0 Å². The lowest BCUT2D eigenvalue weighted by atomic mass is 9.67. The number of hydrogen-bond acceptors (Lipinski definition) is 2. The van der Waals surface area contributed by atoms with Crippen molar-refractivity contribution in [2.75, 3.05) is 12.3 Å². The third kappa shape index (κ3) is 4.74. The summed E-state index contributed by atoms with van der Waals surface area (Å²) in [7, 11) is -1.58. The van der Waals surface area contributed by atoms with Crippen LogP contribution in [-0.2, 0) is 0 Å². The molecule has 172 valence electrons. The molecule has 0 spiro atoms. The number of benzene rings is 4. The Labute approximate surface area is 204 Å². The van der Waals surface area contributed by atoms with Crippen molar-refractivity contribution in [1.82, 2.24) is 0 Å². The molecular formula is C30H30O2P2. The third-order valence-electron chi connectivity index (χ3n) is 6.93. The van der Waals surface area contributed by atoms with Gasteiger partial charge in [0.1, 0.15) is 0 Å². The summed E-state index contributed by atoms with van der Waals surface area (Å²) in [5.74, 6) is 0. The zero-order valence-corrected chi connectivity index (χ0v) is 21.0. The van der Waals surface area contributed by atoms with Crippen LogP contribution in [0.2, 0.25) is 0 Å². The van der Waals surface area contributed by atoms with Crippen molar-refractivity contribution in [3.63, 3.8) is 0 Å². The monoisotopic (exact) mass is 484 g/mol. The van der Waals surface area contributed by atoms with Crippen LogP contribution >= 0.6 is 15.8 Å². The van der Waals surface area contributed by atoms with E-state index in [2.05, 4.69) is 97.1 Å². The van der Waals surface area contributed by atoms with Crippen molar-refractivity contribution in [3.05, 3.63) is 121 Å². The Hall–Kier alpha value is -2.34. The van der Waals surface area contributed by atoms with E-state index in [-0.39, 0.29) is 0 Å². The van der Waals surface area contributed by atoms with E-state index in [1.54, 1.807) is 0 Å². The number of aliphatic hydroxyl groups is 2. The summed E-state index contributed by atoms with van der Waals surface area (Å²) < 4.78 is 0. The molecule has 2 unspecified atom stereocenters. The second kappa shape index (κ2) is 10.1. The van der Waals surface area contributed by atoms with Gasteiger partial charge in [-0.05, 0) is 49.9 Å². The van der Waals surface area contributed by atoms with Gasteiger partial charge in [-0.2, -0.15) is 0 Å². The Morgan fingerprint density at radius 3 is 0.882 bits per heavy atom. The largest absolute Gasteiger partial charge is 0.386 e. The summed E-state index contributed by atoms with van der Waals surface area (Å²) in [5, 5.41) is 28.8. The molecule has 4 heteroatoms. The number of hydrogen-bond donors (Lipinski definition) is 2. The van der Waals surface area contributed by atoms with E-state index in [4.69, 9.17) is 0 Å². The minimum Gasteiger partial charge on any atom is -0.386 e. The standard InChI is InChI=1S/C30H30O2P2/c31-29(23-33(25-13-5-1-6-14-25)26-15-7-2-8-16-26)21-22-30(29,32)24-34(27-17-9-3-10-18-27)28-19-11-4-12-20-28/h1-20,31-32H,21-24H2. The molecule has 2 nitrogen and oxygen atoms in total. The van der Waals surface area contributed by atoms with Crippen molar-refractivity contribution < 1.29 is 10.2 Å². The maximum atomic E-state index is 11.9.